The molecule has 2 heterocycles. The molecule has 2 atom stereocenters. The van der Waals surface area contributed by atoms with Crippen LogP contribution in [0.2, 0.25) is 0 Å². The van der Waals surface area contributed by atoms with Crippen LogP contribution in [0.3, 0.4) is 0 Å². The van der Waals surface area contributed by atoms with Crippen LogP contribution in [0.15, 0.2) is 23.2 Å². The Labute approximate surface area is 142 Å². The minimum atomic E-state index is -3.14. The Kier molecular flexibility index (Phi) is 4.41. The normalized spacial score (nSPS) is 27.4. The maximum Gasteiger partial charge on any atom is 0.262 e. The lowest BCUT2D eigenvalue weighted by molar-refractivity contribution is -0.115. The van der Waals surface area contributed by atoms with Gasteiger partial charge in [-0.05, 0) is 24.6 Å². The summed E-state index contributed by atoms with van der Waals surface area (Å²) >= 11 is 6.73. The van der Waals surface area contributed by atoms with Crippen molar-refractivity contribution in [3.8, 4) is 0 Å². The standard InChI is InChI=1S/C14H14ClFN2O3S2/c1-8-2-3-9(4-10(8)16)18-11-6-23(20,21)7-12(11)22-14(18)17-13(19)5-15/h2-4,11-12H,5-7H2,1H3/t11-,12+/m1/s1. The minimum Gasteiger partial charge on any atom is -0.315 e. The van der Waals surface area contributed by atoms with E-state index in [9.17, 15) is 17.6 Å². The number of amidine groups is 1. The number of benzene rings is 1. The predicted molar refractivity (Wildman–Crippen MR) is 90.6 cm³/mol. The van der Waals surface area contributed by atoms with E-state index in [2.05, 4.69) is 4.99 Å². The molecular formula is C14H14ClFN2O3S2. The van der Waals surface area contributed by atoms with Crippen molar-refractivity contribution in [3.05, 3.63) is 29.6 Å². The SMILES string of the molecule is Cc1ccc(N2C(=NC(=O)CCl)S[C@H]3CS(=O)(=O)C[C@H]32)cc1F. The monoisotopic (exact) mass is 376 g/mol. The molecule has 2 aliphatic rings. The molecule has 0 radical (unpaired) electrons. The molecule has 1 aromatic rings. The number of aryl methyl sites for hydroxylation is 1. The zero-order valence-corrected chi connectivity index (χ0v) is 14.6. The predicted octanol–water partition coefficient (Wildman–Crippen LogP) is 1.97. The van der Waals surface area contributed by atoms with Gasteiger partial charge in [0.05, 0.1) is 17.5 Å². The molecule has 0 spiro atoms. The lowest BCUT2D eigenvalue weighted by atomic mass is 10.1. The van der Waals surface area contributed by atoms with Gasteiger partial charge in [0, 0.05) is 10.9 Å². The number of carbonyl (C=O) groups excluding carboxylic acids is 1. The van der Waals surface area contributed by atoms with Crippen molar-refractivity contribution in [2.45, 2.75) is 18.2 Å². The smallest absolute Gasteiger partial charge is 0.262 e. The first kappa shape index (κ1) is 16.7. The lowest BCUT2D eigenvalue weighted by Crippen LogP contribution is -2.37. The Balaban J connectivity index is 2.04. The minimum absolute atomic E-state index is 0.0290. The van der Waals surface area contributed by atoms with E-state index in [0.717, 1.165) is 0 Å². The Bertz CT molecular complexity index is 797. The highest BCUT2D eigenvalue weighted by molar-refractivity contribution is 8.16. The third-order valence-electron chi connectivity index (χ3n) is 3.83. The van der Waals surface area contributed by atoms with Crippen LogP contribution in [0.4, 0.5) is 10.1 Å². The van der Waals surface area contributed by atoms with E-state index < -0.39 is 15.7 Å². The van der Waals surface area contributed by atoms with Crippen molar-refractivity contribution >= 4 is 50.0 Å². The Hall–Kier alpha value is -1.12. The summed E-state index contributed by atoms with van der Waals surface area (Å²) in [6, 6.07) is 4.30. The van der Waals surface area contributed by atoms with Gasteiger partial charge in [0.25, 0.3) is 5.91 Å². The molecule has 0 saturated carbocycles. The molecule has 23 heavy (non-hydrogen) atoms. The summed E-state index contributed by atoms with van der Waals surface area (Å²) < 4.78 is 37.7. The van der Waals surface area contributed by atoms with E-state index in [1.54, 1.807) is 24.0 Å². The number of sulfone groups is 1. The molecule has 0 bridgehead atoms. The van der Waals surface area contributed by atoms with E-state index in [1.165, 1.54) is 17.8 Å². The molecule has 1 aromatic carbocycles. The number of halogens is 2. The van der Waals surface area contributed by atoms with E-state index in [4.69, 9.17) is 11.6 Å². The van der Waals surface area contributed by atoms with Gasteiger partial charge in [-0.25, -0.2) is 12.8 Å². The summed E-state index contributed by atoms with van der Waals surface area (Å²) in [5, 5.41) is 0.162. The molecule has 0 unspecified atom stereocenters. The van der Waals surface area contributed by atoms with Crippen molar-refractivity contribution in [1.82, 2.24) is 0 Å². The fourth-order valence-corrected chi connectivity index (χ4v) is 6.73. The fourth-order valence-electron chi connectivity index (χ4n) is 2.73. The van der Waals surface area contributed by atoms with Crippen molar-refractivity contribution in [2.24, 2.45) is 4.99 Å². The van der Waals surface area contributed by atoms with E-state index in [-0.39, 0.29) is 34.5 Å². The molecule has 2 fully saturated rings. The van der Waals surface area contributed by atoms with Crippen molar-refractivity contribution < 1.29 is 17.6 Å². The molecule has 5 nitrogen and oxygen atoms in total. The molecule has 2 aliphatic heterocycles. The third-order valence-corrected chi connectivity index (χ3v) is 7.27. The number of carbonyl (C=O) groups is 1. The summed E-state index contributed by atoms with van der Waals surface area (Å²) in [5.74, 6) is -1.15. The summed E-state index contributed by atoms with van der Waals surface area (Å²) in [7, 11) is -3.14. The maximum atomic E-state index is 13.9. The van der Waals surface area contributed by atoms with Crippen LogP contribution in [0.1, 0.15) is 5.56 Å². The van der Waals surface area contributed by atoms with Crippen molar-refractivity contribution in [3.63, 3.8) is 0 Å². The number of hydrogen-bond donors (Lipinski definition) is 0. The Morgan fingerprint density at radius 3 is 2.87 bits per heavy atom. The second-order valence-electron chi connectivity index (χ2n) is 5.53. The molecule has 0 aromatic heterocycles. The van der Waals surface area contributed by atoms with Crippen LogP contribution in [0.25, 0.3) is 0 Å². The topological polar surface area (TPSA) is 66.8 Å². The first-order valence-corrected chi connectivity index (χ1v) is 10.1. The van der Waals surface area contributed by atoms with Crippen LogP contribution in [0, 0.1) is 12.7 Å². The number of hydrogen-bond acceptors (Lipinski definition) is 4. The van der Waals surface area contributed by atoms with Gasteiger partial charge in [-0.3, -0.25) is 4.79 Å². The molecule has 0 N–H and O–H groups in total. The van der Waals surface area contributed by atoms with Gasteiger partial charge < -0.3 is 4.90 Å². The summed E-state index contributed by atoms with van der Waals surface area (Å²) in [6.45, 7) is 1.65. The molecule has 1 amide bonds. The molecular weight excluding hydrogens is 363 g/mol. The third kappa shape index (κ3) is 3.25. The number of nitrogens with zero attached hydrogens (tertiary/aromatic N) is 2. The molecule has 2 saturated heterocycles. The number of fused-ring (bicyclic) bond motifs is 1. The largest absolute Gasteiger partial charge is 0.315 e. The van der Waals surface area contributed by atoms with Crippen LogP contribution >= 0.6 is 23.4 Å². The Morgan fingerprint density at radius 1 is 1.48 bits per heavy atom. The first-order valence-electron chi connectivity index (χ1n) is 6.90. The summed E-state index contributed by atoms with van der Waals surface area (Å²) in [5.41, 5.74) is 0.984. The highest BCUT2D eigenvalue weighted by atomic mass is 35.5. The molecule has 9 heteroatoms. The zero-order chi connectivity index (χ0) is 16.8. The number of aliphatic imine (C=N–C) groups is 1. The summed E-state index contributed by atoms with van der Waals surface area (Å²) in [4.78, 5) is 17.2. The van der Waals surface area contributed by atoms with Crippen LogP contribution in [-0.2, 0) is 14.6 Å². The van der Waals surface area contributed by atoms with Crippen LogP contribution in [-0.4, -0.2) is 48.2 Å². The van der Waals surface area contributed by atoms with Crippen LogP contribution < -0.4 is 4.90 Å². The number of alkyl halides is 1. The van der Waals surface area contributed by atoms with Gasteiger partial charge in [0.15, 0.2) is 15.0 Å². The molecule has 124 valence electrons. The number of rotatable bonds is 2. The highest BCUT2D eigenvalue weighted by Gasteiger charge is 2.49. The van der Waals surface area contributed by atoms with Gasteiger partial charge >= 0.3 is 0 Å². The number of amides is 1. The number of thioether (sulfide) groups is 1. The summed E-state index contributed by atoms with van der Waals surface area (Å²) in [6.07, 6.45) is 0. The molecule has 0 aliphatic carbocycles. The van der Waals surface area contributed by atoms with E-state index in [1.807, 2.05) is 0 Å². The molecule has 3 rings (SSSR count). The first-order chi connectivity index (χ1) is 10.8. The lowest BCUT2D eigenvalue weighted by Gasteiger charge is -2.24. The van der Waals surface area contributed by atoms with Gasteiger partial charge in [0.2, 0.25) is 0 Å². The van der Waals surface area contributed by atoms with E-state index in [0.29, 0.717) is 16.4 Å². The van der Waals surface area contributed by atoms with Gasteiger partial charge in [-0.1, -0.05) is 17.8 Å². The van der Waals surface area contributed by atoms with Crippen molar-refractivity contribution in [1.29, 1.82) is 0 Å². The second-order valence-corrected chi connectivity index (χ2v) is 9.15. The number of anilines is 1. The van der Waals surface area contributed by atoms with E-state index >= 15 is 0 Å². The van der Waals surface area contributed by atoms with Gasteiger partial charge in [-0.2, -0.15) is 4.99 Å². The average molecular weight is 377 g/mol. The Morgan fingerprint density at radius 2 is 2.22 bits per heavy atom. The quantitative estimate of drug-likeness (QED) is 0.738. The highest BCUT2D eigenvalue weighted by Crippen LogP contribution is 2.41. The van der Waals surface area contributed by atoms with Gasteiger partial charge in [0.1, 0.15) is 11.7 Å². The fraction of sp³-hybridized carbons (Fsp3) is 0.429. The van der Waals surface area contributed by atoms with Crippen molar-refractivity contribution in [2.75, 3.05) is 22.3 Å². The second kappa shape index (κ2) is 6.07. The zero-order valence-electron chi connectivity index (χ0n) is 12.2. The van der Waals surface area contributed by atoms with Crippen LogP contribution in [0.5, 0.6) is 0 Å². The maximum absolute atomic E-state index is 13.9. The van der Waals surface area contributed by atoms with Gasteiger partial charge in [-0.15, -0.1) is 11.6 Å². The average Bonchev–Trinajstić information content (AvgIpc) is 2.93.